The summed E-state index contributed by atoms with van der Waals surface area (Å²) < 4.78 is 15.0. The van der Waals surface area contributed by atoms with E-state index < -0.39 is 0 Å². The summed E-state index contributed by atoms with van der Waals surface area (Å²) in [5, 5.41) is 3.93. The molecule has 1 N–H and O–H groups in total. The van der Waals surface area contributed by atoms with Gasteiger partial charge in [0.1, 0.15) is 5.82 Å². The van der Waals surface area contributed by atoms with E-state index in [9.17, 15) is 4.39 Å². The van der Waals surface area contributed by atoms with E-state index in [-0.39, 0.29) is 11.9 Å². The molecule has 1 atom stereocenters. The van der Waals surface area contributed by atoms with Gasteiger partial charge in [0.15, 0.2) is 0 Å². The topological polar surface area (TPSA) is 12.0 Å². The van der Waals surface area contributed by atoms with Crippen molar-refractivity contribution in [2.45, 2.75) is 26.3 Å². The minimum absolute atomic E-state index is 0.197. The van der Waals surface area contributed by atoms with Crippen LogP contribution in [0.15, 0.2) is 40.9 Å². The monoisotopic (exact) mass is 369 g/mol. The fraction of sp³-hybridized carbons (Fsp3) is 0.294. The molecule has 1 unspecified atom stereocenters. The average molecular weight is 371 g/mol. The number of hydrogen-bond donors (Lipinski definition) is 1. The maximum atomic E-state index is 14.4. The van der Waals surface area contributed by atoms with E-state index in [0.29, 0.717) is 15.1 Å². The van der Waals surface area contributed by atoms with Crippen molar-refractivity contribution in [3.63, 3.8) is 0 Å². The molecule has 0 spiro atoms. The summed E-state index contributed by atoms with van der Waals surface area (Å²) in [5.74, 6) is -0.261. The molecule has 112 valence electrons. The van der Waals surface area contributed by atoms with Gasteiger partial charge in [-0.3, -0.25) is 0 Å². The average Bonchev–Trinajstić information content (AvgIpc) is 2.46. The quantitative estimate of drug-likeness (QED) is 0.672. The maximum Gasteiger partial charge on any atom is 0.129 e. The van der Waals surface area contributed by atoms with Crippen LogP contribution in [-0.2, 0) is 0 Å². The lowest BCUT2D eigenvalue weighted by atomic mass is 9.94. The minimum atomic E-state index is -0.261. The van der Waals surface area contributed by atoms with E-state index in [2.05, 4.69) is 28.2 Å². The summed E-state index contributed by atoms with van der Waals surface area (Å²) in [5.41, 5.74) is 2.78. The Balaban J connectivity index is 2.51. The van der Waals surface area contributed by atoms with Crippen molar-refractivity contribution in [1.82, 2.24) is 5.32 Å². The lowest BCUT2D eigenvalue weighted by molar-refractivity contribution is 0.545. The van der Waals surface area contributed by atoms with Crippen molar-refractivity contribution >= 4 is 27.5 Å². The fourth-order valence-electron chi connectivity index (χ4n) is 2.35. The molecule has 0 fully saturated rings. The molecule has 2 aromatic rings. The van der Waals surface area contributed by atoms with Gasteiger partial charge in [-0.25, -0.2) is 4.39 Å². The molecule has 0 radical (unpaired) electrons. The molecule has 0 saturated heterocycles. The van der Waals surface area contributed by atoms with Crippen LogP contribution in [-0.4, -0.2) is 6.54 Å². The zero-order valence-electron chi connectivity index (χ0n) is 12.1. The largest absolute Gasteiger partial charge is 0.306 e. The lowest BCUT2D eigenvalue weighted by Crippen LogP contribution is -2.25. The van der Waals surface area contributed by atoms with E-state index in [1.54, 1.807) is 6.07 Å². The highest BCUT2D eigenvalue weighted by Crippen LogP contribution is 2.32. The third-order valence-electron chi connectivity index (χ3n) is 3.45. The van der Waals surface area contributed by atoms with Crippen LogP contribution in [0.5, 0.6) is 0 Å². The third-order valence-corrected chi connectivity index (χ3v) is 4.65. The molecular weight excluding hydrogens is 353 g/mol. The summed E-state index contributed by atoms with van der Waals surface area (Å²) in [6, 6.07) is 10.9. The first kappa shape index (κ1) is 16.5. The number of rotatable bonds is 5. The van der Waals surface area contributed by atoms with Crippen LogP contribution >= 0.6 is 27.5 Å². The molecule has 0 heterocycles. The number of aryl methyl sites for hydroxylation is 1. The molecule has 0 saturated carbocycles. The Morgan fingerprint density at radius 3 is 2.62 bits per heavy atom. The summed E-state index contributed by atoms with van der Waals surface area (Å²) >= 11 is 9.41. The Morgan fingerprint density at radius 2 is 1.95 bits per heavy atom. The standard InChI is InChI=1S/C17H18BrClFN/c1-3-8-21-17(12-7-5-4-6-11(12)2)13-9-15(19)14(18)10-16(13)20/h4-7,9-10,17,21H,3,8H2,1-2H3. The van der Waals surface area contributed by atoms with Crippen LogP contribution in [0.1, 0.15) is 36.1 Å². The van der Waals surface area contributed by atoms with Crippen molar-refractivity contribution < 1.29 is 4.39 Å². The number of hydrogen-bond acceptors (Lipinski definition) is 1. The molecule has 2 aromatic carbocycles. The molecular formula is C17H18BrClFN. The Kier molecular flexibility index (Phi) is 5.80. The molecule has 0 aliphatic heterocycles. The molecule has 0 aliphatic rings. The Hall–Kier alpha value is -0.900. The van der Waals surface area contributed by atoms with Gasteiger partial charge in [-0.05, 0) is 59.1 Å². The molecule has 2 rings (SSSR count). The molecule has 0 aromatic heterocycles. The highest BCUT2D eigenvalue weighted by molar-refractivity contribution is 9.10. The highest BCUT2D eigenvalue weighted by atomic mass is 79.9. The van der Waals surface area contributed by atoms with Crippen LogP contribution in [0.4, 0.5) is 4.39 Å². The molecule has 0 amide bonds. The lowest BCUT2D eigenvalue weighted by Gasteiger charge is -2.22. The Bertz CT molecular complexity index is 630. The van der Waals surface area contributed by atoms with Gasteiger partial charge in [-0.2, -0.15) is 0 Å². The van der Waals surface area contributed by atoms with E-state index in [1.165, 1.54) is 6.07 Å². The normalized spacial score (nSPS) is 12.4. The SMILES string of the molecule is CCCNC(c1ccccc1C)c1cc(Cl)c(Br)cc1F. The molecule has 0 aliphatic carbocycles. The first-order chi connectivity index (χ1) is 10.0. The number of benzene rings is 2. The van der Waals surface area contributed by atoms with Crippen molar-refractivity contribution in [3.8, 4) is 0 Å². The van der Waals surface area contributed by atoms with Crippen molar-refractivity contribution in [2.75, 3.05) is 6.54 Å². The smallest absolute Gasteiger partial charge is 0.129 e. The Labute approximate surface area is 138 Å². The van der Waals surface area contributed by atoms with Crippen LogP contribution in [0.2, 0.25) is 5.02 Å². The fourth-order valence-corrected chi connectivity index (χ4v) is 2.83. The zero-order chi connectivity index (χ0) is 15.4. The predicted molar refractivity (Wildman–Crippen MR) is 90.4 cm³/mol. The second-order valence-electron chi connectivity index (χ2n) is 5.03. The second kappa shape index (κ2) is 7.39. The molecule has 4 heteroatoms. The summed E-state index contributed by atoms with van der Waals surface area (Å²) in [7, 11) is 0. The van der Waals surface area contributed by atoms with Gasteiger partial charge in [0.2, 0.25) is 0 Å². The maximum absolute atomic E-state index is 14.4. The summed E-state index contributed by atoms with van der Waals surface area (Å²) in [6.45, 7) is 4.94. The van der Waals surface area contributed by atoms with Gasteiger partial charge in [-0.1, -0.05) is 42.8 Å². The molecule has 1 nitrogen and oxygen atoms in total. The summed E-state index contributed by atoms with van der Waals surface area (Å²) in [4.78, 5) is 0. The van der Waals surface area contributed by atoms with Gasteiger partial charge in [0.25, 0.3) is 0 Å². The highest BCUT2D eigenvalue weighted by Gasteiger charge is 2.20. The summed E-state index contributed by atoms with van der Waals surface area (Å²) in [6.07, 6.45) is 0.980. The number of halogens is 3. The predicted octanol–water partition coefficient (Wildman–Crippen LogP) is 5.64. The van der Waals surface area contributed by atoms with Crippen molar-refractivity contribution in [1.29, 1.82) is 0 Å². The van der Waals surface area contributed by atoms with Crippen LogP contribution in [0, 0.1) is 12.7 Å². The minimum Gasteiger partial charge on any atom is -0.306 e. The van der Waals surface area contributed by atoms with E-state index in [0.717, 1.165) is 24.1 Å². The third kappa shape index (κ3) is 3.85. The van der Waals surface area contributed by atoms with Crippen LogP contribution in [0.3, 0.4) is 0 Å². The zero-order valence-corrected chi connectivity index (χ0v) is 14.4. The van der Waals surface area contributed by atoms with Crippen molar-refractivity contribution in [3.05, 3.63) is 68.4 Å². The van der Waals surface area contributed by atoms with Crippen molar-refractivity contribution in [2.24, 2.45) is 0 Å². The van der Waals surface area contributed by atoms with E-state index in [1.807, 2.05) is 31.2 Å². The number of nitrogens with one attached hydrogen (secondary N) is 1. The van der Waals surface area contributed by atoms with Crippen LogP contribution in [0.25, 0.3) is 0 Å². The first-order valence-corrected chi connectivity index (χ1v) is 8.15. The molecule has 21 heavy (non-hydrogen) atoms. The van der Waals surface area contributed by atoms with Gasteiger partial charge in [0.05, 0.1) is 11.1 Å². The first-order valence-electron chi connectivity index (χ1n) is 6.98. The second-order valence-corrected chi connectivity index (χ2v) is 6.29. The Morgan fingerprint density at radius 1 is 1.24 bits per heavy atom. The van der Waals surface area contributed by atoms with Crippen LogP contribution < -0.4 is 5.32 Å². The molecule has 0 bridgehead atoms. The van der Waals surface area contributed by atoms with E-state index >= 15 is 0 Å². The van der Waals surface area contributed by atoms with Gasteiger partial charge >= 0.3 is 0 Å². The van der Waals surface area contributed by atoms with E-state index in [4.69, 9.17) is 11.6 Å². The van der Waals surface area contributed by atoms with Gasteiger partial charge in [0, 0.05) is 10.0 Å². The van der Waals surface area contributed by atoms with Gasteiger partial charge < -0.3 is 5.32 Å². The van der Waals surface area contributed by atoms with Gasteiger partial charge in [-0.15, -0.1) is 0 Å².